The lowest BCUT2D eigenvalue weighted by atomic mass is 10.2. The average molecular weight is 374 g/mol. The van der Waals surface area contributed by atoms with Crippen LogP contribution in [0.25, 0.3) is 10.6 Å². The van der Waals surface area contributed by atoms with Gasteiger partial charge in [0, 0.05) is 17.0 Å². The molecule has 26 heavy (non-hydrogen) atoms. The molecule has 1 amide bonds. The van der Waals surface area contributed by atoms with Crippen molar-refractivity contribution >= 4 is 22.9 Å². The minimum atomic E-state index is -0.813. The smallest absolute Gasteiger partial charge is 0.230 e. The van der Waals surface area contributed by atoms with Gasteiger partial charge < -0.3 is 10.1 Å². The average Bonchev–Trinajstić information content (AvgIpc) is 3.07. The molecular weight excluding hydrogens is 358 g/mol. The minimum Gasteiger partial charge on any atom is -0.494 e. The van der Waals surface area contributed by atoms with Crippen LogP contribution in [-0.4, -0.2) is 17.5 Å². The highest BCUT2D eigenvalue weighted by atomic mass is 32.1. The summed E-state index contributed by atoms with van der Waals surface area (Å²) in [5.74, 6) is -1.14. The molecule has 0 aliphatic heterocycles. The number of thiazole rings is 1. The fourth-order valence-electron chi connectivity index (χ4n) is 2.33. The van der Waals surface area contributed by atoms with Gasteiger partial charge in [-0.15, -0.1) is 11.3 Å². The summed E-state index contributed by atoms with van der Waals surface area (Å²) >= 11 is 1.42. The van der Waals surface area contributed by atoms with Crippen molar-refractivity contribution in [1.82, 2.24) is 4.98 Å². The normalized spacial score (nSPS) is 10.6. The number of nitrogens with one attached hydrogen (secondary N) is 1. The summed E-state index contributed by atoms with van der Waals surface area (Å²) in [5, 5.41) is 4.99. The highest BCUT2D eigenvalue weighted by Gasteiger charge is 2.12. The van der Waals surface area contributed by atoms with Crippen LogP contribution in [0.15, 0.2) is 47.8 Å². The molecule has 0 aliphatic rings. The van der Waals surface area contributed by atoms with Crippen LogP contribution in [0.4, 0.5) is 14.5 Å². The standard InChI is InChI=1S/C19H16F2N2O2S/c1-2-25-15-6-3-12(4-7-15)19-22-14(11-26-19)10-18(24)23-17-8-5-13(20)9-16(17)21/h3-9,11H,2,10H2,1H3,(H,23,24). The maximum absolute atomic E-state index is 13.6. The fourth-order valence-corrected chi connectivity index (χ4v) is 3.16. The molecule has 1 N–H and O–H groups in total. The number of nitrogens with zero attached hydrogens (tertiary/aromatic N) is 1. The number of carbonyl (C=O) groups is 1. The van der Waals surface area contributed by atoms with Crippen molar-refractivity contribution in [3.63, 3.8) is 0 Å². The number of aromatic nitrogens is 1. The number of rotatable bonds is 6. The van der Waals surface area contributed by atoms with Crippen LogP contribution in [0.5, 0.6) is 5.75 Å². The Morgan fingerprint density at radius 1 is 1.19 bits per heavy atom. The zero-order valence-electron chi connectivity index (χ0n) is 14.0. The van der Waals surface area contributed by atoms with Crippen LogP contribution >= 0.6 is 11.3 Å². The molecule has 0 fully saturated rings. The Morgan fingerprint density at radius 2 is 1.96 bits per heavy atom. The lowest BCUT2D eigenvalue weighted by Crippen LogP contribution is -2.15. The van der Waals surface area contributed by atoms with Gasteiger partial charge in [0.2, 0.25) is 5.91 Å². The number of benzene rings is 2. The lowest BCUT2D eigenvalue weighted by molar-refractivity contribution is -0.115. The summed E-state index contributed by atoms with van der Waals surface area (Å²) in [4.78, 5) is 16.5. The molecule has 1 aromatic heterocycles. The zero-order valence-corrected chi connectivity index (χ0v) is 14.8. The highest BCUT2D eigenvalue weighted by molar-refractivity contribution is 7.13. The fraction of sp³-hybridized carbons (Fsp3) is 0.158. The summed E-state index contributed by atoms with van der Waals surface area (Å²) in [5.41, 5.74) is 1.45. The van der Waals surface area contributed by atoms with Gasteiger partial charge in [-0.1, -0.05) is 0 Å². The third-order valence-corrected chi connectivity index (χ3v) is 4.45. The maximum Gasteiger partial charge on any atom is 0.230 e. The first-order valence-electron chi connectivity index (χ1n) is 7.97. The van der Waals surface area contributed by atoms with Crippen LogP contribution < -0.4 is 10.1 Å². The molecule has 0 spiro atoms. The Kier molecular flexibility index (Phi) is 5.58. The Bertz CT molecular complexity index is 910. The molecule has 0 radical (unpaired) electrons. The maximum atomic E-state index is 13.6. The molecule has 0 bridgehead atoms. The molecule has 4 nitrogen and oxygen atoms in total. The van der Waals surface area contributed by atoms with Crippen molar-refractivity contribution in [2.45, 2.75) is 13.3 Å². The Morgan fingerprint density at radius 3 is 2.65 bits per heavy atom. The van der Waals surface area contributed by atoms with E-state index in [9.17, 15) is 13.6 Å². The second kappa shape index (κ2) is 8.05. The van der Waals surface area contributed by atoms with E-state index in [0.29, 0.717) is 12.3 Å². The van der Waals surface area contributed by atoms with Crippen LogP contribution in [0.1, 0.15) is 12.6 Å². The van der Waals surface area contributed by atoms with E-state index in [1.807, 2.05) is 31.2 Å². The number of hydrogen-bond acceptors (Lipinski definition) is 4. The first-order chi connectivity index (χ1) is 12.5. The minimum absolute atomic E-state index is 0.00431. The van der Waals surface area contributed by atoms with Gasteiger partial charge in [0.1, 0.15) is 22.4 Å². The Balaban J connectivity index is 1.65. The first-order valence-corrected chi connectivity index (χ1v) is 8.85. The van der Waals surface area contributed by atoms with Crippen LogP contribution in [0, 0.1) is 11.6 Å². The molecule has 0 saturated carbocycles. The van der Waals surface area contributed by atoms with Crippen LogP contribution in [0.3, 0.4) is 0 Å². The molecule has 0 aliphatic carbocycles. The van der Waals surface area contributed by atoms with Crippen LogP contribution in [0.2, 0.25) is 0 Å². The van der Waals surface area contributed by atoms with Gasteiger partial charge in [0.15, 0.2) is 0 Å². The topological polar surface area (TPSA) is 51.2 Å². The van der Waals surface area contributed by atoms with Crippen molar-refractivity contribution in [3.8, 4) is 16.3 Å². The zero-order chi connectivity index (χ0) is 18.5. The van der Waals surface area contributed by atoms with Gasteiger partial charge in [0.25, 0.3) is 0 Å². The van der Waals surface area contributed by atoms with Gasteiger partial charge in [0.05, 0.1) is 24.4 Å². The van der Waals surface area contributed by atoms with Crippen molar-refractivity contribution in [3.05, 3.63) is 65.2 Å². The number of anilines is 1. The summed E-state index contributed by atoms with van der Waals surface area (Å²) in [6.45, 7) is 2.52. The molecule has 1 heterocycles. The third kappa shape index (κ3) is 4.43. The molecule has 0 atom stereocenters. The second-order valence-electron chi connectivity index (χ2n) is 5.45. The second-order valence-corrected chi connectivity index (χ2v) is 6.31. The summed E-state index contributed by atoms with van der Waals surface area (Å²) in [7, 11) is 0. The van der Waals surface area contributed by atoms with E-state index in [2.05, 4.69) is 10.3 Å². The predicted molar refractivity (Wildman–Crippen MR) is 97.4 cm³/mol. The summed E-state index contributed by atoms with van der Waals surface area (Å²) < 4.78 is 31.9. The molecular formula is C19H16F2N2O2S. The first kappa shape index (κ1) is 18.0. The van der Waals surface area contributed by atoms with Gasteiger partial charge in [-0.3, -0.25) is 4.79 Å². The van der Waals surface area contributed by atoms with Gasteiger partial charge in [-0.25, -0.2) is 13.8 Å². The van der Waals surface area contributed by atoms with Gasteiger partial charge in [-0.2, -0.15) is 0 Å². The third-order valence-electron chi connectivity index (χ3n) is 3.51. The van der Waals surface area contributed by atoms with Gasteiger partial charge >= 0.3 is 0 Å². The van der Waals surface area contributed by atoms with Crippen molar-refractivity contribution in [2.24, 2.45) is 0 Å². The van der Waals surface area contributed by atoms with E-state index in [4.69, 9.17) is 4.74 Å². The Labute approximate surface area is 153 Å². The molecule has 134 valence electrons. The Hall–Kier alpha value is -2.80. The van der Waals surface area contributed by atoms with Crippen LogP contribution in [-0.2, 0) is 11.2 Å². The molecule has 0 saturated heterocycles. The number of carbonyl (C=O) groups excluding carboxylic acids is 1. The molecule has 3 aromatic rings. The van der Waals surface area contributed by atoms with E-state index < -0.39 is 17.5 Å². The molecule has 0 unspecified atom stereocenters. The monoisotopic (exact) mass is 374 g/mol. The number of amides is 1. The van der Waals surface area contributed by atoms with E-state index in [0.717, 1.165) is 28.5 Å². The van der Waals surface area contributed by atoms with Crippen molar-refractivity contribution in [2.75, 3.05) is 11.9 Å². The van der Waals surface area contributed by atoms with E-state index in [1.165, 1.54) is 17.4 Å². The quantitative estimate of drug-likeness (QED) is 0.682. The molecule has 7 heteroatoms. The summed E-state index contributed by atoms with van der Waals surface area (Å²) in [6, 6.07) is 10.5. The van der Waals surface area contributed by atoms with E-state index >= 15 is 0 Å². The van der Waals surface area contributed by atoms with E-state index in [1.54, 1.807) is 5.38 Å². The number of halogens is 2. The molecule has 2 aromatic carbocycles. The number of hydrogen-bond donors (Lipinski definition) is 1. The number of ether oxygens (including phenoxy) is 1. The molecule has 3 rings (SSSR count). The summed E-state index contributed by atoms with van der Waals surface area (Å²) in [6.07, 6.45) is 0.00431. The van der Waals surface area contributed by atoms with E-state index in [-0.39, 0.29) is 12.1 Å². The highest BCUT2D eigenvalue weighted by Crippen LogP contribution is 2.26. The largest absolute Gasteiger partial charge is 0.494 e. The SMILES string of the molecule is CCOc1ccc(-c2nc(CC(=O)Nc3ccc(F)cc3F)cs2)cc1. The lowest BCUT2D eigenvalue weighted by Gasteiger charge is -2.05. The van der Waals surface area contributed by atoms with Crippen molar-refractivity contribution in [1.29, 1.82) is 0 Å². The van der Waals surface area contributed by atoms with Crippen molar-refractivity contribution < 1.29 is 18.3 Å². The predicted octanol–water partition coefficient (Wildman–Crippen LogP) is 4.67. The van der Waals surface area contributed by atoms with Gasteiger partial charge in [-0.05, 0) is 43.3 Å².